The minimum atomic E-state index is -3.80. The Hall–Kier alpha value is -2.85. The molecule has 10 heteroatoms. The molecule has 0 unspecified atom stereocenters. The first-order valence-electron chi connectivity index (χ1n) is 9.86. The Kier molecular flexibility index (Phi) is 5.78. The number of non-ortho nitro benzene ring substituents is 1. The first kappa shape index (κ1) is 20.4. The van der Waals surface area contributed by atoms with E-state index < -0.39 is 14.9 Å². The van der Waals surface area contributed by atoms with Crippen molar-refractivity contribution in [2.75, 3.05) is 38.2 Å². The van der Waals surface area contributed by atoms with Gasteiger partial charge in [-0.25, -0.2) is 8.42 Å². The third kappa shape index (κ3) is 4.19. The highest BCUT2D eigenvalue weighted by atomic mass is 32.2. The number of anilines is 1. The number of rotatable bonds is 7. The molecule has 30 heavy (non-hydrogen) atoms. The molecule has 160 valence electrons. The summed E-state index contributed by atoms with van der Waals surface area (Å²) in [6.07, 6.45) is 2.21. The van der Waals surface area contributed by atoms with Crippen LogP contribution in [0.2, 0.25) is 0 Å². The van der Waals surface area contributed by atoms with Crippen molar-refractivity contribution in [3.63, 3.8) is 0 Å². The minimum Gasteiger partial charge on any atom is -0.486 e. The average molecular weight is 433 g/mol. The molecule has 0 bridgehead atoms. The standard InChI is InChI=1S/C20H23N3O6S/c24-23(25)16-4-5-17(20(14-16)30(26,27)22-9-1-2-10-22)21-8-7-15-3-6-18-19(13-15)29-12-11-28-18/h3-6,13-14,21H,1-2,7-12H2. The van der Waals surface area contributed by atoms with Gasteiger partial charge < -0.3 is 14.8 Å². The number of nitrogens with one attached hydrogen (secondary N) is 1. The number of nitro benzene ring substituents is 1. The van der Waals surface area contributed by atoms with Crippen molar-refractivity contribution in [3.8, 4) is 11.5 Å². The van der Waals surface area contributed by atoms with Gasteiger partial charge in [-0.2, -0.15) is 4.31 Å². The molecule has 0 atom stereocenters. The van der Waals surface area contributed by atoms with E-state index in [0.717, 1.165) is 24.5 Å². The van der Waals surface area contributed by atoms with E-state index in [9.17, 15) is 18.5 Å². The molecule has 2 aliphatic heterocycles. The Bertz CT molecular complexity index is 1050. The maximum absolute atomic E-state index is 13.1. The van der Waals surface area contributed by atoms with Crippen molar-refractivity contribution in [2.24, 2.45) is 0 Å². The quantitative estimate of drug-likeness (QED) is 0.528. The second-order valence-electron chi connectivity index (χ2n) is 7.20. The summed E-state index contributed by atoms with van der Waals surface area (Å²) in [6.45, 7) is 2.36. The van der Waals surface area contributed by atoms with E-state index in [4.69, 9.17) is 9.47 Å². The monoisotopic (exact) mass is 433 g/mol. The van der Waals surface area contributed by atoms with Crippen LogP contribution in [0.3, 0.4) is 0 Å². The maximum Gasteiger partial charge on any atom is 0.270 e. The molecule has 0 spiro atoms. The average Bonchev–Trinajstić information content (AvgIpc) is 3.29. The molecular weight excluding hydrogens is 410 g/mol. The predicted octanol–water partition coefficient (Wildman–Crippen LogP) is 2.81. The third-order valence-corrected chi connectivity index (χ3v) is 7.13. The molecule has 1 N–H and O–H groups in total. The van der Waals surface area contributed by atoms with Gasteiger partial charge in [0.1, 0.15) is 18.1 Å². The molecule has 1 saturated heterocycles. The number of sulfonamides is 1. The fourth-order valence-electron chi connectivity index (χ4n) is 3.64. The smallest absolute Gasteiger partial charge is 0.270 e. The van der Waals surface area contributed by atoms with Gasteiger partial charge in [-0.15, -0.1) is 0 Å². The largest absolute Gasteiger partial charge is 0.486 e. The number of fused-ring (bicyclic) bond motifs is 1. The van der Waals surface area contributed by atoms with Gasteiger partial charge in [0.2, 0.25) is 10.0 Å². The normalized spacial score (nSPS) is 16.4. The van der Waals surface area contributed by atoms with Crippen LogP contribution in [0.4, 0.5) is 11.4 Å². The van der Waals surface area contributed by atoms with E-state index in [1.54, 1.807) is 0 Å². The molecule has 0 aromatic heterocycles. The fraction of sp³-hybridized carbons (Fsp3) is 0.400. The second kappa shape index (κ2) is 8.49. The highest BCUT2D eigenvalue weighted by molar-refractivity contribution is 7.89. The Morgan fingerprint density at radius 3 is 2.50 bits per heavy atom. The van der Waals surface area contributed by atoms with Crippen molar-refractivity contribution in [1.29, 1.82) is 0 Å². The van der Waals surface area contributed by atoms with Crippen LogP contribution in [0, 0.1) is 10.1 Å². The lowest BCUT2D eigenvalue weighted by atomic mass is 10.1. The lowest BCUT2D eigenvalue weighted by Gasteiger charge is -2.20. The van der Waals surface area contributed by atoms with Crippen LogP contribution in [0.1, 0.15) is 18.4 Å². The van der Waals surface area contributed by atoms with E-state index >= 15 is 0 Å². The summed E-state index contributed by atoms with van der Waals surface area (Å²) >= 11 is 0. The fourth-order valence-corrected chi connectivity index (χ4v) is 5.34. The zero-order valence-electron chi connectivity index (χ0n) is 16.4. The highest BCUT2D eigenvalue weighted by Gasteiger charge is 2.31. The molecule has 0 aliphatic carbocycles. The molecule has 0 amide bonds. The summed E-state index contributed by atoms with van der Waals surface area (Å²) in [6, 6.07) is 9.63. The first-order chi connectivity index (χ1) is 14.4. The van der Waals surface area contributed by atoms with Gasteiger partial charge >= 0.3 is 0 Å². The summed E-state index contributed by atoms with van der Waals surface area (Å²) in [5.41, 5.74) is 1.13. The zero-order chi connectivity index (χ0) is 21.1. The van der Waals surface area contributed by atoms with E-state index in [2.05, 4.69) is 5.32 Å². The summed E-state index contributed by atoms with van der Waals surface area (Å²) in [5.74, 6) is 1.42. The molecular formula is C20H23N3O6S. The predicted molar refractivity (Wildman–Crippen MR) is 111 cm³/mol. The third-order valence-electron chi connectivity index (χ3n) is 5.19. The van der Waals surface area contributed by atoms with E-state index in [-0.39, 0.29) is 10.6 Å². The molecule has 0 saturated carbocycles. The number of benzene rings is 2. The van der Waals surface area contributed by atoms with Gasteiger partial charge in [-0.05, 0) is 43.0 Å². The zero-order valence-corrected chi connectivity index (χ0v) is 17.2. The van der Waals surface area contributed by atoms with Gasteiger partial charge in [0.15, 0.2) is 11.5 Å². The highest BCUT2D eigenvalue weighted by Crippen LogP contribution is 2.32. The second-order valence-corrected chi connectivity index (χ2v) is 9.11. The molecule has 2 heterocycles. The van der Waals surface area contributed by atoms with Gasteiger partial charge in [0.25, 0.3) is 5.69 Å². The molecule has 2 aromatic rings. The van der Waals surface area contributed by atoms with Crippen LogP contribution >= 0.6 is 0 Å². The molecule has 2 aromatic carbocycles. The van der Waals surface area contributed by atoms with E-state index in [0.29, 0.717) is 56.5 Å². The molecule has 1 fully saturated rings. The number of hydrogen-bond acceptors (Lipinski definition) is 7. The summed E-state index contributed by atoms with van der Waals surface area (Å²) in [4.78, 5) is 10.5. The van der Waals surface area contributed by atoms with Crippen LogP contribution in [-0.4, -0.2) is 50.5 Å². The van der Waals surface area contributed by atoms with Gasteiger partial charge in [0.05, 0.1) is 10.6 Å². The van der Waals surface area contributed by atoms with Crippen LogP contribution in [0.15, 0.2) is 41.3 Å². The Morgan fingerprint density at radius 1 is 1.03 bits per heavy atom. The lowest BCUT2D eigenvalue weighted by molar-refractivity contribution is -0.385. The molecule has 9 nitrogen and oxygen atoms in total. The van der Waals surface area contributed by atoms with Gasteiger partial charge in [0, 0.05) is 31.8 Å². The Balaban J connectivity index is 1.52. The van der Waals surface area contributed by atoms with Crippen molar-refractivity contribution >= 4 is 21.4 Å². The van der Waals surface area contributed by atoms with Crippen molar-refractivity contribution in [2.45, 2.75) is 24.2 Å². The topological polar surface area (TPSA) is 111 Å². The van der Waals surface area contributed by atoms with Crippen LogP contribution < -0.4 is 14.8 Å². The number of hydrogen-bond donors (Lipinski definition) is 1. The molecule has 0 radical (unpaired) electrons. The van der Waals surface area contributed by atoms with Gasteiger partial charge in [-0.1, -0.05) is 6.07 Å². The molecule has 4 rings (SSSR count). The minimum absolute atomic E-state index is 0.0548. The summed E-state index contributed by atoms with van der Waals surface area (Å²) < 4.78 is 38.6. The maximum atomic E-state index is 13.1. The van der Waals surface area contributed by atoms with Crippen molar-refractivity contribution in [1.82, 2.24) is 4.31 Å². The van der Waals surface area contributed by atoms with Gasteiger partial charge in [-0.3, -0.25) is 10.1 Å². The van der Waals surface area contributed by atoms with Crippen LogP contribution in [0.5, 0.6) is 11.5 Å². The Labute approximate surface area is 174 Å². The van der Waals surface area contributed by atoms with E-state index in [1.807, 2.05) is 18.2 Å². The SMILES string of the molecule is O=[N+]([O-])c1ccc(NCCc2ccc3c(c2)OCCO3)c(S(=O)(=O)N2CCCC2)c1. The Morgan fingerprint density at radius 2 is 1.77 bits per heavy atom. The van der Waals surface area contributed by atoms with E-state index in [1.165, 1.54) is 16.4 Å². The number of ether oxygens (including phenoxy) is 2. The lowest BCUT2D eigenvalue weighted by Crippen LogP contribution is -2.28. The van der Waals surface area contributed by atoms with Crippen molar-refractivity contribution < 1.29 is 22.8 Å². The van der Waals surface area contributed by atoms with Crippen LogP contribution in [0.25, 0.3) is 0 Å². The van der Waals surface area contributed by atoms with Crippen molar-refractivity contribution in [3.05, 3.63) is 52.1 Å². The number of nitrogens with zero attached hydrogens (tertiary/aromatic N) is 2. The number of nitro groups is 1. The van der Waals surface area contributed by atoms with Crippen LogP contribution in [-0.2, 0) is 16.4 Å². The summed E-state index contributed by atoms with van der Waals surface area (Å²) in [5, 5.41) is 14.3. The summed E-state index contributed by atoms with van der Waals surface area (Å²) in [7, 11) is -3.80. The first-order valence-corrected chi connectivity index (χ1v) is 11.3. The molecule has 2 aliphatic rings.